The summed E-state index contributed by atoms with van der Waals surface area (Å²) in [5, 5.41) is 12.1. The zero-order valence-corrected chi connectivity index (χ0v) is 16.4. The minimum atomic E-state index is -0.322. The maximum Gasteiger partial charge on any atom is 0.306 e. The molecule has 0 aliphatic carbocycles. The number of amides is 1. The number of nitrogens with zero attached hydrogens (tertiary/aromatic N) is 6. The molecule has 0 saturated carbocycles. The van der Waals surface area contributed by atoms with Crippen molar-refractivity contribution >= 4 is 11.9 Å². The van der Waals surface area contributed by atoms with Crippen molar-refractivity contribution in [1.82, 2.24) is 30.0 Å². The van der Waals surface area contributed by atoms with Crippen molar-refractivity contribution in [2.75, 3.05) is 32.8 Å². The van der Waals surface area contributed by atoms with Gasteiger partial charge in [0.25, 0.3) is 0 Å². The van der Waals surface area contributed by atoms with Crippen LogP contribution in [0.4, 0.5) is 0 Å². The van der Waals surface area contributed by atoms with Crippen molar-refractivity contribution in [3.63, 3.8) is 0 Å². The number of hydrogen-bond donors (Lipinski definition) is 0. The maximum atomic E-state index is 12.3. The first kappa shape index (κ1) is 19.9. The summed E-state index contributed by atoms with van der Waals surface area (Å²) in [6, 6.07) is 8.05. The van der Waals surface area contributed by atoms with Crippen molar-refractivity contribution in [3.05, 3.63) is 35.7 Å². The SMILES string of the molecule is CCOC(=O)CCC(=O)N1CCN(Cc2nnnn2-c2ccc(C)cc2)CC1. The quantitative estimate of drug-likeness (QED) is 0.654. The first-order valence-corrected chi connectivity index (χ1v) is 9.57. The number of carbonyl (C=O) groups excluding carboxylic acids is 2. The fourth-order valence-corrected chi connectivity index (χ4v) is 3.15. The molecule has 1 amide bonds. The van der Waals surface area contributed by atoms with Crippen molar-refractivity contribution in [2.45, 2.75) is 33.2 Å². The molecule has 9 nitrogen and oxygen atoms in total. The minimum absolute atomic E-state index is 0.00260. The van der Waals surface area contributed by atoms with Crippen LogP contribution in [0.1, 0.15) is 31.2 Å². The first-order valence-electron chi connectivity index (χ1n) is 9.57. The van der Waals surface area contributed by atoms with Gasteiger partial charge < -0.3 is 9.64 Å². The number of rotatable bonds is 7. The van der Waals surface area contributed by atoms with Crippen LogP contribution in [0, 0.1) is 6.92 Å². The molecule has 0 bridgehead atoms. The van der Waals surface area contributed by atoms with Crippen molar-refractivity contribution in [2.24, 2.45) is 0 Å². The summed E-state index contributed by atoms with van der Waals surface area (Å²) in [5.74, 6) is 0.445. The molecule has 9 heteroatoms. The van der Waals surface area contributed by atoms with Gasteiger partial charge >= 0.3 is 5.97 Å². The van der Waals surface area contributed by atoms with Crippen LogP contribution in [0.5, 0.6) is 0 Å². The third-order valence-corrected chi connectivity index (χ3v) is 4.75. The summed E-state index contributed by atoms with van der Waals surface area (Å²) >= 11 is 0. The number of esters is 1. The molecule has 2 heterocycles. The standard InChI is InChI=1S/C19H26N6O3/c1-3-28-19(27)9-8-18(26)24-12-10-23(11-13-24)14-17-20-21-22-25(17)16-6-4-15(2)5-7-16/h4-7H,3,8-14H2,1-2H3. The molecule has 1 fully saturated rings. The molecule has 0 N–H and O–H groups in total. The number of aromatic nitrogens is 4. The molecule has 0 spiro atoms. The number of carbonyl (C=O) groups is 2. The Morgan fingerprint density at radius 3 is 2.46 bits per heavy atom. The normalized spacial score (nSPS) is 14.9. The van der Waals surface area contributed by atoms with Gasteiger partial charge in [0.05, 0.1) is 25.3 Å². The van der Waals surface area contributed by atoms with E-state index in [-0.39, 0.29) is 24.7 Å². The molecular weight excluding hydrogens is 360 g/mol. The lowest BCUT2D eigenvalue weighted by Gasteiger charge is -2.34. The Morgan fingerprint density at radius 1 is 1.07 bits per heavy atom. The van der Waals surface area contributed by atoms with Crippen LogP contribution in [0.15, 0.2) is 24.3 Å². The molecule has 3 rings (SSSR count). The molecule has 1 saturated heterocycles. The van der Waals surface area contributed by atoms with E-state index in [4.69, 9.17) is 4.74 Å². The highest BCUT2D eigenvalue weighted by atomic mass is 16.5. The third-order valence-electron chi connectivity index (χ3n) is 4.75. The first-order chi connectivity index (χ1) is 13.6. The molecule has 28 heavy (non-hydrogen) atoms. The van der Waals surface area contributed by atoms with E-state index in [1.807, 2.05) is 31.2 Å². The summed E-state index contributed by atoms with van der Waals surface area (Å²) in [6.07, 6.45) is 0.336. The van der Waals surface area contributed by atoms with Crippen LogP contribution in [0.2, 0.25) is 0 Å². The van der Waals surface area contributed by atoms with Crippen LogP contribution < -0.4 is 0 Å². The van der Waals surface area contributed by atoms with E-state index in [0.29, 0.717) is 26.2 Å². The van der Waals surface area contributed by atoms with Gasteiger partial charge in [0, 0.05) is 32.6 Å². The zero-order valence-electron chi connectivity index (χ0n) is 16.4. The summed E-state index contributed by atoms with van der Waals surface area (Å²) in [6.45, 7) is 7.50. The molecule has 150 valence electrons. The lowest BCUT2D eigenvalue weighted by molar-refractivity contribution is -0.146. The summed E-state index contributed by atoms with van der Waals surface area (Å²) in [7, 11) is 0. The Labute approximate surface area is 164 Å². The number of aryl methyl sites for hydroxylation is 1. The van der Waals surface area contributed by atoms with E-state index in [9.17, 15) is 9.59 Å². The molecule has 0 radical (unpaired) electrons. The van der Waals surface area contributed by atoms with Gasteiger partial charge in [-0.1, -0.05) is 17.7 Å². The zero-order chi connectivity index (χ0) is 19.9. The molecule has 0 unspecified atom stereocenters. The average molecular weight is 386 g/mol. The molecule has 0 atom stereocenters. The predicted octanol–water partition coefficient (Wildman–Crippen LogP) is 0.958. The monoisotopic (exact) mass is 386 g/mol. The highest BCUT2D eigenvalue weighted by molar-refractivity contribution is 5.81. The molecule has 2 aromatic rings. The summed E-state index contributed by atoms with van der Waals surface area (Å²) < 4.78 is 6.62. The van der Waals surface area contributed by atoms with Crippen molar-refractivity contribution in [1.29, 1.82) is 0 Å². The van der Waals surface area contributed by atoms with E-state index >= 15 is 0 Å². The van der Waals surface area contributed by atoms with Crippen LogP contribution >= 0.6 is 0 Å². The van der Waals surface area contributed by atoms with E-state index < -0.39 is 0 Å². The Kier molecular flexibility index (Phi) is 6.70. The second kappa shape index (κ2) is 9.41. The Morgan fingerprint density at radius 2 is 1.79 bits per heavy atom. The van der Waals surface area contributed by atoms with Crippen LogP contribution in [0.25, 0.3) is 5.69 Å². The smallest absolute Gasteiger partial charge is 0.306 e. The van der Waals surface area contributed by atoms with Gasteiger partial charge in [0.15, 0.2) is 5.82 Å². The highest BCUT2D eigenvalue weighted by Gasteiger charge is 2.23. The lowest BCUT2D eigenvalue weighted by atomic mass is 10.2. The summed E-state index contributed by atoms with van der Waals surface area (Å²) in [5.41, 5.74) is 2.11. The van der Waals surface area contributed by atoms with E-state index in [1.165, 1.54) is 5.56 Å². The van der Waals surface area contributed by atoms with Gasteiger partial charge in [-0.2, -0.15) is 4.68 Å². The second-order valence-corrected chi connectivity index (χ2v) is 6.80. The average Bonchev–Trinajstić information content (AvgIpc) is 3.15. The number of tetrazole rings is 1. The topological polar surface area (TPSA) is 93.5 Å². The Bertz CT molecular complexity index is 796. The van der Waals surface area contributed by atoms with Gasteiger partial charge in [-0.25, -0.2) is 0 Å². The van der Waals surface area contributed by atoms with E-state index in [1.54, 1.807) is 16.5 Å². The second-order valence-electron chi connectivity index (χ2n) is 6.80. The Hall–Kier alpha value is -2.81. The summed E-state index contributed by atoms with van der Waals surface area (Å²) in [4.78, 5) is 27.7. The highest BCUT2D eigenvalue weighted by Crippen LogP contribution is 2.13. The molecule has 1 aliphatic heterocycles. The van der Waals surface area contributed by atoms with Gasteiger partial charge in [-0.15, -0.1) is 5.10 Å². The Balaban J connectivity index is 1.50. The lowest BCUT2D eigenvalue weighted by Crippen LogP contribution is -2.48. The number of hydrogen-bond acceptors (Lipinski definition) is 7. The predicted molar refractivity (Wildman–Crippen MR) is 102 cm³/mol. The van der Waals surface area contributed by atoms with Gasteiger partial charge in [-0.05, 0) is 36.4 Å². The van der Waals surface area contributed by atoms with E-state index in [0.717, 1.165) is 24.6 Å². The van der Waals surface area contributed by atoms with Crippen LogP contribution in [-0.2, 0) is 20.9 Å². The van der Waals surface area contributed by atoms with Crippen LogP contribution in [0.3, 0.4) is 0 Å². The molecular formula is C19H26N6O3. The number of ether oxygens (including phenoxy) is 1. The van der Waals surface area contributed by atoms with Gasteiger partial charge in [-0.3, -0.25) is 14.5 Å². The number of piperazine rings is 1. The van der Waals surface area contributed by atoms with Gasteiger partial charge in [0.1, 0.15) is 0 Å². The molecule has 1 aliphatic rings. The molecule has 1 aromatic carbocycles. The number of benzene rings is 1. The minimum Gasteiger partial charge on any atom is -0.466 e. The maximum absolute atomic E-state index is 12.3. The molecule has 1 aromatic heterocycles. The van der Waals surface area contributed by atoms with E-state index in [2.05, 4.69) is 20.4 Å². The van der Waals surface area contributed by atoms with Crippen LogP contribution in [-0.4, -0.2) is 74.7 Å². The largest absolute Gasteiger partial charge is 0.466 e. The van der Waals surface area contributed by atoms with Crippen molar-refractivity contribution < 1.29 is 14.3 Å². The fourth-order valence-electron chi connectivity index (χ4n) is 3.15. The van der Waals surface area contributed by atoms with Crippen molar-refractivity contribution in [3.8, 4) is 5.69 Å². The fraction of sp³-hybridized carbons (Fsp3) is 0.526. The third kappa shape index (κ3) is 5.13. The van der Waals surface area contributed by atoms with Gasteiger partial charge in [0.2, 0.25) is 5.91 Å².